The number of hydrogen-bond donors (Lipinski definition) is 2. The molecule has 6 nitrogen and oxygen atoms in total. The molecule has 0 aliphatic heterocycles. The maximum atomic E-state index is 11.8. The molecule has 0 aliphatic carbocycles. The molecule has 7 heteroatoms. The van der Waals surface area contributed by atoms with Gasteiger partial charge < -0.3 is 10.5 Å². The van der Waals surface area contributed by atoms with Gasteiger partial charge >= 0.3 is 5.97 Å². The average Bonchev–Trinajstić information content (AvgIpc) is 2.53. The first-order valence-corrected chi connectivity index (χ1v) is 9.17. The summed E-state index contributed by atoms with van der Waals surface area (Å²) in [5, 5.41) is 0. The smallest absolute Gasteiger partial charge is 0.324 e. The lowest BCUT2D eigenvalue weighted by molar-refractivity contribution is -0.142. The second-order valence-electron chi connectivity index (χ2n) is 5.49. The van der Waals surface area contributed by atoms with Gasteiger partial charge in [0.05, 0.1) is 13.4 Å². The molecule has 128 valence electrons. The molecule has 0 amide bonds. The number of sulfonamides is 1. The fourth-order valence-corrected chi connectivity index (χ4v) is 3.06. The van der Waals surface area contributed by atoms with Gasteiger partial charge in [-0.25, -0.2) is 13.1 Å². The number of methoxy groups -OCH3 is 1. The van der Waals surface area contributed by atoms with Crippen molar-refractivity contribution in [1.29, 1.82) is 0 Å². The van der Waals surface area contributed by atoms with E-state index in [0.717, 1.165) is 22.9 Å². The van der Waals surface area contributed by atoms with Gasteiger partial charge in [0.15, 0.2) is 0 Å². The van der Waals surface area contributed by atoms with E-state index in [1.807, 2.05) is 48.5 Å². The lowest BCUT2D eigenvalue weighted by atomic mass is 10.0. The van der Waals surface area contributed by atoms with Crippen molar-refractivity contribution in [2.75, 3.05) is 19.1 Å². The van der Waals surface area contributed by atoms with Crippen LogP contribution in [0.3, 0.4) is 0 Å². The van der Waals surface area contributed by atoms with Crippen LogP contribution < -0.4 is 10.5 Å². The number of carbonyl (C=O) groups is 1. The lowest BCUT2D eigenvalue weighted by Crippen LogP contribution is -2.42. The fraction of sp³-hybridized carbons (Fsp3) is 0.235. The molecule has 0 saturated heterocycles. The number of nitrogen functional groups attached to an aromatic ring is 1. The largest absolute Gasteiger partial charge is 0.468 e. The van der Waals surface area contributed by atoms with Crippen molar-refractivity contribution in [2.45, 2.75) is 12.5 Å². The van der Waals surface area contributed by atoms with Crippen molar-refractivity contribution < 1.29 is 17.9 Å². The normalized spacial score (nSPS) is 12.6. The van der Waals surface area contributed by atoms with Crippen LogP contribution in [0.1, 0.15) is 5.56 Å². The Kier molecular flexibility index (Phi) is 5.58. The summed E-state index contributed by atoms with van der Waals surface area (Å²) >= 11 is 0. The van der Waals surface area contributed by atoms with Gasteiger partial charge in [-0.3, -0.25) is 4.79 Å². The minimum Gasteiger partial charge on any atom is -0.468 e. The molecule has 0 aromatic heterocycles. The van der Waals surface area contributed by atoms with Crippen LogP contribution in [-0.2, 0) is 26.0 Å². The summed E-state index contributed by atoms with van der Waals surface area (Å²) in [6.07, 6.45) is 1.21. The highest BCUT2D eigenvalue weighted by molar-refractivity contribution is 7.88. The highest BCUT2D eigenvalue weighted by Crippen LogP contribution is 2.22. The lowest BCUT2D eigenvalue weighted by Gasteiger charge is -2.15. The van der Waals surface area contributed by atoms with Crippen molar-refractivity contribution in [1.82, 2.24) is 4.72 Å². The quantitative estimate of drug-likeness (QED) is 0.610. The van der Waals surface area contributed by atoms with Crippen molar-refractivity contribution in [3.8, 4) is 11.1 Å². The molecule has 0 fully saturated rings. The van der Waals surface area contributed by atoms with E-state index in [1.165, 1.54) is 7.11 Å². The maximum Gasteiger partial charge on any atom is 0.324 e. The van der Waals surface area contributed by atoms with E-state index in [1.54, 1.807) is 0 Å². The molecule has 3 N–H and O–H groups in total. The molecule has 0 radical (unpaired) electrons. The molecule has 0 heterocycles. The molecule has 0 bridgehead atoms. The molecule has 2 aromatic rings. The summed E-state index contributed by atoms with van der Waals surface area (Å²) < 4.78 is 29.7. The van der Waals surface area contributed by atoms with E-state index in [0.29, 0.717) is 5.69 Å². The van der Waals surface area contributed by atoms with E-state index in [4.69, 9.17) is 5.73 Å². The van der Waals surface area contributed by atoms with Gasteiger partial charge in [-0.05, 0) is 35.2 Å². The van der Waals surface area contributed by atoms with E-state index >= 15 is 0 Å². The number of anilines is 1. The summed E-state index contributed by atoms with van der Waals surface area (Å²) in [6.45, 7) is 0. The Bertz CT molecular complexity index is 817. The third-order valence-electron chi connectivity index (χ3n) is 3.46. The Morgan fingerprint density at radius 2 is 1.83 bits per heavy atom. The maximum absolute atomic E-state index is 11.8. The molecule has 2 rings (SSSR count). The Balaban J connectivity index is 2.18. The van der Waals surface area contributed by atoms with Gasteiger partial charge in [-0.15, -0.1) is 0 Å². The second kappa shape index (κ2) is 7.46. The number of esters is 1. The minimum atomic E-state index is -3.52. The van der Waals surface area contributed by atoms with Crippen LogP contribution in [0.2, 0.25) is 0 Å². The number of nitrogens with one attached hydrogen (secondary N) is 1. The fourth-order valence-electron chi connectivity index (χ4n) is 2.36. The highest BCUT2D eigenvalue weighted by Gasteiger charge is 2.23. The van der Waals surface area contributed by atoms with Gasteiger partial charge in [-0.1, -0.05) is 36.4 Å². The van der Waals surface area contributed by atoms with Crippen LogP contribution in [0.15, 0.2) is 48.5 Å². The van der Waals surface area contributed by atoms with E-state index in [-0.39, 0.29) is 6.42 Å². The third-order valence-corrected chi connectivity index (χ3v) is 4.17. The Morgan fingerprint density at radius 3 is 2.38 bits per heavy atom. The summed E-state index contributed by atoms with van der Waals surface area (Å²) in [7, 11) is -2.29. The summed E-state index contributed by atoms with van der Waals surface area (Å²) in [6, 6.07) is 14.1. The van der Waals surface area contributed by atoms with Crippen molar-refractivity contribution in [2.24, 2.45) is 0 Å². The summed E-state index contributed by atoms with van der Waals surface area (Å²) in [5.74, 6) is -0.625. The number of carbonyl (C=O) groups excluding carboxylic acids is 1. The van der Waals surface area contributed by atoms with Crippen LogP contribution >= 0.6 is 0 Å². The SMILES string of the molecule is COC(=O)C(Cc1ccc(-c2cccc(N)c2)cc1)NS(C)(=O)=O. The zero-order valence-electron chi connectivity index (χ0n) is 13.5. The monoisotopic (exact) mass is 348 g/mol. The topological polar surface area (TPSA) is 98.5 Å². The van der Waals surface area contributed by atoms with Gasteiger partial charge in [0.25, 0.3) is 0 Å². The van der Waals surface area contributed by atoms with Crippen LogP contribution in [0.4, 0.5) is 5.69 Å². The van der Waals surface area contributed by atoms with Crippen LogP contribution in [0.5, 0.6) is 0 Å². The zero-order chi connectivity index (χ0) is 17.7. The number of rotatable bonds is 6. The molecule has 0 saturated carbocycles. The zero-order valence-corrected chi connectivity index (χ0v) is 14.3. The number of ether oxygens (including phenoxy) is 1. The van der Waals surface area contributed by atoms with Gasteiger partial charge in [0.1, 0.15) is 6.04 Å². The van der Waals surface area contributed by atoms with Crippen LogP contribution in [0.25, 0.3) is 11.1 Å². The Labute approximate surface area is 141 Å². The molecule has 24 heavy (non-hydrogen) atoms. The molecule has 0 aliphatic rings. The van der Waals surface area contributed by atoms with Gasteiger partial charge in [-0.2, -0.15) is 0 Å². The molecule has 1 unspecified atom stereocenters. The number of benzene rings is 2. The van der Waals surface area contributed by atoms with E-state index < -0.39 is 22.0 Å². The van der Waals surface area contributed by atoms with Crippen molar-refractivity contribution in [3.63, 3.8) is 0 Å². The molecular formula is C17H20N2O4S. The first kappa shape index (κ1) is 18.0. The predicted octanol–water partition coefficient (Wildman–Crippen LogP) is 1.57. The van der Waals surface area contributed by atoms with Gasteiger partial charge in [0, 0.05) is 5.69 Å². The predicted molar refractivity (Wildman–Crippen MR) is 93.8 cm³/mol. The standard InChI is InChI=1S/C17H20N2O4S/c1-23-17(20)16(19-24(2,21)22)10-12-6-8-13(9-7-12)14-4-3-5-15(18)11-14/h3-9,11,16,19H,10,18H2,1-2H3. The second-order valence-corrected chi connectivity index (χ2v) is 7.27. The van der Waals surface area contributed by atoms with Crippen molar-refractivity contribution >= 4 is 21.7 Å². The Morgan fingerprint density at radius 1 is 1.17 bits per heavy atom. The van der Waals surface area contributed by atoms with Crippen LogP contribution in [-0.4, -0.2) is 33.8 Å². The van der Waals surface area contributed by atoms with Gasteiger partial charge in [0.2, 0.25) is 10.0 Å². The van der Waals surface area contributed by atoms with Crippen LogP contribution in [0, 0.1) is 0 Å². The first-order valence-electron chi connectivity index (χ1n) is 7.28. The first-order chi connectivity index (χ1) is 11.3. The minimum absolute atomic E-state index is 0.205. The average molecular weight is 348 g/mol. The van der Waals surface area contributed by atoms with E-state index in [2.05, 4.69) is 9.46 Å². The molecule has 2 aromatic carbocycles. The molecule has 1 atom stereocenters. The Hall–Kier alpha value is -2.38. The summed E-state index contributed by atoms with van der Waals surface area (Å²) in [5.41, 5.74) is 9.25. The molecule has 0 spiro atoms. The number of hydrogen-bond acceptors (Lipinski definition) is 5. The molecular weight excluding hydrogens is 328 g/mol. The van der Waals surface area contributed by atoms with E-state index in [9.17, 15) is 13.2 Å². The number of nitrogens with two attached hydrogens (primary N) is 1. The third kappa shape index (κ3) is 5.07. The highest BCUT2D eigenvalue weighted by atomic mass is 32.2. The van der Waals surface area contributed by atoms with Crippen molar-refractivity contribution in [3.05, 3.63) is 54.1 Å². The summed E-state index contributed by atoms with van der Waals surface area (Å²) in [4.78, 5) is 11.8.